The Hall–Kier alpha value is -2.94. The van der Waals surface area contributed by atoms with E-state index in [-0.39, 0.29) is 22.4 Å². The number of piperazine rings is 1. The van der Waals surface area contributed by atoms with Crippen molar-refractivity contribution in [2.45, 2.75) is 13.3 Å². The molecule has 1 aromatic carbocycles. The van der Waals surface area contributed by atoms with Gasteiger partial charge in [-0.1, -0.05) is 25.1 Å². The van der Waals surface area contributed by atoms with Crippen molar-refractivity contribution in [3.63, 3.8) is 0 Å². The predicted molar refractivity (Wildman–Crippen MR) is 93.7 cm³/mol. The molecule has 2 heterocycles. The Morgan fingerprint density at radius 1 is 1.17 bits per heavy atom. The number of rotatable bonds is 3. The van der Waals surface area contributed by atoms with E-state index in [0.717, 1.165) is 18.8 Å². The fraction of sp³-hybridized carbons (Fsp3) is 0.333. The molecule has 1 aliphatic rings. The summed E-state index contributed by atoms with van der Waals surface area (Å²) in [5.74, 6) is 0.231. The van der Waals surface area contributed by atoms with Gasteiger partial charge in [0.2, 0.25) is 0 Å². The Bertz CT molecular complexity index is 815. The van der Waals surface area contributed by atoms with Gasteiger partial charge in [-0.2, -0.15) is 5.26 Å². The molecular formula is C18H20N4O2. The minimum absolute atomic E-state index is 0.152. The lowest BCUT2D eigenvalue weighted by molar-refractivity contribution is 0.464. The first-order chi connectivity index (χ1) is 11.7. The van der Waals surface area contributed by atoms with E-state index in [2.05, 4.69) is 22.0 Å². The van der Waals surface area contributed by atoms with Crippen LogP contribution in [0.15, 0.2) is 35.1 Å². The van der Waals surface area contributed by atoms with Crippen molar-refractivity contribution in [1.82, 2.24) is 4.98 Å². The van der Waals surface area contributed by atoms with Gasteiger partial charge in [-0.3, -0.25) is 4.79 Å². The molecule has 1 fully saturated rings. The standard InChI is InChI=1S/C18H20N4O2/c1-2-14-16(23)15(12-19)17(20-18(14)24)22-10-8-21(9-11-22)13-6-4-3-5-7-13/h3-7H,2,8-11H2,1H3,(H2,20,23,24). The van der Waals surface area contributed by atoms with Crippen LogP contribution in [-0.2, 0) is 6.42 Å². The SMILES string of the molecule is CCc1c(O)c(C#N)c(N2CCN(c3ccccc3)CC2)[nH]c1=O. The first kappa shape index (κ1) is 15.9. The van der Waals surface area contributed by atoms with Gasteiger partial charge in [0.05, 0.1) is 5.56 Å². The summed E-state index contributed by atoms with van der Waals surface area (Å²) in [4.78, 5) is 19.1. The van der Waals surface area contributed by atoms with Gasteiger partial charge in [0.1, 0.15) is 23.2 Å². The van der Waals surface area contributed by atoms with Crippen molar-refractivity contribution in [3.05, 3.63) is 51.8 Å². The molecule has 2 N–H and O–H groups in total. The van der Waals surface area contributed by atoms with Gasteiger partial charge in [-0.05, 0) is 18.6 Å². The summed E-state index contributed by atoms with van der Waals surface area (Å²) in [5.41, 5.74) is 1.25. The highest BCUT2D eigenvalue weighted by molar-refractivity contribution is 5.63. The summed E-state index contributed by atoms with van der Waals surface area (Å²) in [7, 11) is 0. The van der Waals surface area contributed by atoms with Crippen molar-refractivity contribution >= 4 is 11.5 Å². The molecule has 0 aliphatic carbocycles. The van der Waals surface area contributed by atoms with Crippen LogP contribution in [0.1, 0.15) is 18.1 Å². The third-order valence-electron chi connectivity index (χ3n) is 4.45. The Morgan fingerprint density at radius 2 is 1.79 bits per heavy atom. The second-order valence-electron chi connectivity index (χ2n) is 5.78. The average Bonchev–Trinajstić information content (AvgIpc) is 2.62. The third-order valence-corrected chi connectivity index (χ3v) is 4.45. The van der Waals surface area contributed by atoms with E-state index in [1.165, 1.54) is 0 Å². The molecule has 1 aliphatic heterocycles. The van der Waals surface area contributed by atoms with Crippen LogP contribution in [0.5, 0.6) is 5.75 Å². The first-order valence-corrected chi connectivity index (χ1v) is 8.08. The molecule has 6 nitrogen and oxygen atoms in total. The van der Waals surface area contributed by atoms with Crippen LogP contribution in [0.25, 0.3) is 0 Å². The summed E-state index contributed by atoms with van der Waals surface area (Å²) in [6.45, 7) is 4.69. The zero-order valence-corrected chi connectivity index (χ0v) is 13.6. The van der Waals surface area contributed by atoms with Gasteiger partial charge >= 0.3 is 0 Å². The molecule has 124 valence electrons. The van der Waals surface area contributed by atoms with Crippen LogP contribution in [0.4, 0.5) is 11.5 Å². The monoisotopic (exact) mass is 324 g/mol. The van der Waals surface area contributed by atoms with E-state index in [9.17, 15) is 15.2 Å². The number of benzene rings is 1. The van der Waals surface area contributed by atoms with Crippen LogP contribution < -0.4 is 15.4 Å². The van der Waals surface area contributed by atoms with Crippen molar-refractivity contribution in [2.75, 3.05) is 36.0 Å². The molecule has 0 bridgehead atoms. The van der Waals surface area contributed by atoms with E-state index < -0.39 is 0 Å². The fourth-order valence-electron chi connectivity index (χ4n) is 3.11. The number of nitrogens with one attached hydrogen (secondary N) is 1. The van der Waals surface area contributed by atoms with Gasteiger partial charge in [0, 0.05) is 31.9 Å². The Kier molecular flexibility index (Phi) is 4.43. The molecule has 0 atom stereocenters. The fourth-order valence-corrected chi connectivity index (χ4v) is 3.11. The maximum absolute atomic E-state index is 12.1. The summed E-state index contributed by atoms with van der Waals surface area (Å²) in [6, 6.07) is 12.2. The third kappa shape index (κ3) is 2.81. The van der Waals surface area contributed by atoms with Gasteiger partial charge in [0.15, 0.2) is 0 Å². The number of aromatic hydroxyl groups is 1. The smallest absolute Gasteiger partial charge is 0.256 e. The molecule has 0 amide bonds. The van der Waals surface area contributed by atoms with Crippen LogP contribution >= 0.6 is 0 Å². The Morgan fingerprint density at radius 3 is 2.38 bits per heavy atom. The molecule has 6 heteroatoms. The van der Waals surface area contributed by atoms with Gasteiger partial charge in [-0.25, -0.2) is 0 Å². The van der Waals surface area contributed by atoms with Gasteiger partial charge < -0.3 is 19.9 Å². The van der Waals surface area contributed by atoms with Crippen LogP contribution in [0.3, 0.4) is 0 Å². The van der Waals surface area contributed by atoms with Gasteiger partial charge in [0.25, 0.3) is 5.56 Å². The zero-order chi connectivity index (χ0) is 17.1. The topological polar surface area (TPSA) is 83.4 Å². The number of hydrogen-bond donors (Lipinski definition) is 2. The van der Waals surface area contributed by atoms with E-state index in [4.69, 9.17) is 0 Å². The minimum atomic E-state index is -0.325. The van der Waals surface area contributed by atoms with Crippen molar-refractivity contribution in [2.24, 2.45) is 0 Å². The lowest BCUT2D eigenvalue weighted by Gasteiger charge is -2.37. The minimum Gasteiger partial charge on any atom is -0.506 e. The van der Waals surface area contributed by atoms with Crippen LogP contribution in [-0.4, -0.2) is 36.3 Å². The van der Waals surface area contributed by atoms with Crippen molar-refractivity contribution < 1.29 is 5.11 Å². The number of aromatic nitrogens is 1. The molecular weight excluding hydrogens is 304 g/mol. The van der Waals surface area contributed by atoms with E-state index in [1.54, 1.807) is 6.92 Å². The molecule has 0 radical (unpaired) electrons. The Balaban J connectivity index is 1.85. The van der Waals surface area contributed by atoms with Gasteiger partial charge in [-0.15, -0.1) is 0 Å². The normalized spacial score (nSPS) is 14.5. The van der Waals surface area contributed by atoms with Crippen LogP contribution in [0.2, 0.25) is 0 Å². The summed E-state index contributed by atoms with van der Waals surface area (Å²) in [6.07, 6.45) is 0.387. The largest absolute Gasteiger partial charge is 0.506 e. The van der Waals surface area contributed by atoms with E-state index in [1.807, 2.05) is 29.2 Å². The molecule has 1 saturated heterocycles. The molecule has 0 saturated carbocycles. The number of pyridine rings is 1. The maximum atomic E-state index is 12.1. The molecule has 24 heavy (non-hydrogen) atoms. The molecule has 3 rings (SSSR count). The number of para-hydroxylation sites is 1. The number of hydrogen-bond acceptors (Lipinski definition) is 5. The van der Waals surface area contributed by atoms with E-state index in [0.29, 0.717) is 25.3 Å². The quantitative estimate of drug-likeness (QED) is 0.900. The molecule has 0 spiro atoms. The number of nitriles is 1. The lowest BCUT2D eigenvalue weighted by atomic mass is 10.1. The Labute approximate surface area is 140 Å². The highest BCUT2D eigenvalue weighted by Crippen LogP contribution is 2.28. The average molecular weight is 324 g/mol. The number of anilines is 2. The molecule has 0 unspecified atom stereocenters. The first-order valence-electron chi connectivity index (χ1n) is 8.08. The second-order valence-corrected chi connectivity index (χ2v) is 5.78. The summed E-state index contributed by atoms with van der Waals surface area (Å²) in [5, 5.41) is 19.6. The van der Waals surface area contributed by atoms with Crippen LogP contribution in [0, 0.1) is 11.3 Å². The molecule has 2 aromatic rings. The van der Waals surface area contributed by atoms with Crippen molar-refractivity contribution in [3.8, 4) is 11.8 Å². The summed E-state index contributed by atoms with van der Waals surface area (Å²) < 4.78 is 0. The second kappa shape index (κ2) is 6.67. The predicted octanol–water partition coefficient (Wildman–Crippen LogP) is 1.84. The molecule has 1 aromatic heterocycles. The number of H-pyrrole nitrogens is 1. The van der Waals surface area contributed by atoms with E-state index >= 15 is 0 Å². The zero-order valence-electron chi connectivity index (χ0n) is 13.6. The number of aromatic amines is 1. The maximum Gasteiger partial charge on any atom is 0.256 e. The highest BCUT2D eigenvalue weighted by atomic mass is 16.3. The lowest BCUT2D eigenvalue weighted by Crippen LogP contribution is -2.47. The highest BCUT2D eigenvalue weighted by Gasteiger charge is 2.24. The van der Waals surface area contributed by atoms with Crippen molar-refractivity contribution in [1.29, 1.82) is 5.26 Å². The number of nitrogens with zero attached hydrogens (tertiary/aromatic N) is 3. The summed E-state index contributed by atoms with van der Waals surface area (Å²) >= 11 is 0.